The van der Waals surface area contributed by atoms with E-state index in [9.17, 15) is 14.4 Å². The number of ketones is 1. The van der Waals surface area contributed by atoms with E-state index in [1.807, 2.05) is 13.1 Å². The third-order valence-electron chi connectivity index (χ3n) is 9.89. The van der Waals surface area contributed by atoms with E-state index in [1.54, 1.807) is 36.4 Å². The predicted molar refractivity (Wildman–Crippen MR) is 181 cm³/mol. The molecular weight excluding hydrogens is 644 g/mol. The molecule has 1 saturated carbocycles. The van der Waals surface area contributed by atoms with Crippen LogP contribution in [-0.4, -0.2) is 54.4 Å². The maximum atomic E-state index is 16.3. The SMILES string of the molecule is CC(=O)c1cc(F)c2c(c1)C(=O)N(Cc1ccc(Cl)cn1)C2(OCC1(CNCCCC(C)(C)[Si](C)(C)O)CC1)c1ccc(Cl)cc1. The number of carbonyl (C=O) groups is 2. The Bertz CT molecular complexity index is 1610. The molecule has 2 aromatic carbocycles. The van der Waals surface area contributed by atoms with Crippen LogP contribution in [0.5, 0.6) is 0 Å². The zero-order valence-electron chi connectivity index (χ0n) is 27.1. The van der Waals surface area contributed by atoms with Crippen molar-refractivity contribution in [3.8, 4) is 0 Å². The molecule has 1 aromatic heterocycles. The van der Waals surface area contributed by atoms with Crippen LogP contribution >= 0.6 is 23.2 Å². The molecule has 1 amide bonds. The minimum atomic E-state index is -2.28. The molecule has 5 rings (SSSR count). The lowest BCUT2D eigenvalue weighted by Gasteiger charge is -2.40. The summed E-state index contributed by atoms with van der Waals surface area (Å²) in [5.74, 6) is -1.51. The highest BCUT2D eigenvalue weighted by Gasteiger charge is 2.56. The molecule has 46 heavy (non-hydrogen) atoms. The first-order chi connectivity index (χ1) is 21.6. The van der Waals surface area contributed by atoms with Crippen molar-refractivity contribution in [2.75, 3.05) is 19.7 Å². The summed E-state index contributed by atoms with van der Waals surface area (Å²) in [4.78, 5) is 43.1. The van der Waals surface area contributed by atoms with E-state index < -0.39 is 25.8 Å². The Morgan fingerprint density at radius 1 is 1.13 bits per heavy atom. The van der Waals surface area contributed by atoms with Gasteiger partial charge in [0, 0.05) is 34.3 Å². The highest BCUT2D eigenvalue weighted by molar-refractivity contribution is 6.72. The molecule has 3 aromatic rings. The Balaban J connectivity index is 1.48. The van der Waals surface area contributed by atoms with Gasteiger partial charge in [-0.2, -0.15) is 0 Å². The van der Waals surface area contributed by atoms with Gasteiger partial charge in [-0.05, 0) is 93.7 Å². The summed E-state index contributed by atoms with van der Waals surface area (Å²) in [5, 5.41) is 4.43. The first kappa shape index (κ1) is 34.7. The van der Waals surface area contributed by atoms with Crippen LogP contribution in [0.25, 0.3) is 0 Å². The Labute approximate surface area is 281 Å². The minimum Gasteiger partial charge on any atom is -0.432 e. The van der Waals surface area contributed by atoms with Crippen LogP contribution in [-0.2, 0) is 17.0 Å². The largest absolute Gasteiger partial charge is 0.432 e. The van der Waals surface area contributed by atoms with Crippen molar-refractivity contribution in [3.05, 3.63) is 98.5 Å². The highest BCUT2D eigenvalue weighted by atomic mass is 35.5. The maximum absolute atomic E-state index is 16.3. The molecule has 0 radical (unpaired) electrons. The van der Waals surface area contributed by atoms with Gasteiger partial charge in [0.2, 0.25) is 0 Å². The minimum absolute atomic E-state index is 0.00765. The molecule has 246 valence electrons. The number of halogens is 3. The quantitative estimate of drug-likeness (QED) is 0.103. The molecule has 1 aliphatic carbocycles. The number of hydrogen-bond acceptors (Lipinski definition) is 6. The van der Waals surface area contributed by atoms with Crippen molar-refractivity contribution in [2.45, 2.75) is 76.9 Å². The zero-order valence-corrected chi connectivity index (χ0v) is 29.6. The fourth-order valence-corrected chi connectivity index (χ4v) is 6.95. The van der Waals surface area contributed by atoms with Gasteiger partial charge in [-0.15, -0.1) is 0 Å². The molecule has 2 aliphatic rings. The summed E-state index contributed by atoms with van der Waals surface area (Å²) >= 11 is 12.4. The Morgan fingerprint density at radius 3 is 2.39 bits per heavy atom. The Kier molecular flexibility index (Phi) is 9.87. The first-order valence-electron chi connectivity index (χ1n) is 15.7. The topological polar surface area (TPSA) is 91.8 Å². The second-order valence-corrected chi connectivity index (χ2v) is 19.3. The number of fused-ring (bicyclic) bond motifs is 1. The van der Waals surface area contributed by atoms with Gasteiger partial charge in [-0.25, -0.2) is 4.39 Å². The lowest BCUT2D eigenvalue weighted by molar-refractivity contribution is -0.126. The van der Waals surface area contributed by atoms with Gasteiger partial charge in [0.05, 0.1) is 35.0 Å². The van der Waals surface area contributed by atoms with Crippen LogP contribution < -0.4 is 5.32 Å². The van der Waals surface area contributed by atoms with E-state index >= 15 is 4.39 Å². The number of nitrogens with zero attached hydrogens (tertiary/aromatic N) is 2. The van der Waals surface area contributed by atoms with Crippen molar-refractivity contribution in [2.24, 2.45) is 5.41 Å². The molecule has 0 spiro atoms. The molecule has 1 aliphatic heterocycles. The number of benzene rings is 2. The number of Topliss-reactive ketones (excluding diaryl/α,β-unsaturated/α-hetero) is 1. The summed E-state index contributed by atoms with van der Waals surface area (Å²) in [6.07, 6.45) is 5.20. The first-order valence-corrected chi connectivity index (χ1v) is 19.4. The predicted octanol–water partition coefficient (Wildman–Crippen LogP) is 7.73. The number of carbonyl (C=O) groups excluding carboxylic acids is 2. The van der Waals surface area contributed by atoms with E-state index in [1.165, 1.54) is 30.2 Å². The van der Waals surface area contributed by atoms with Crippen LogP contribution in [0.3, 0.4) is 0 Å². The van der Waals surface area contributed by atoms with E-state index in [2.05, 4.69) is 24.1 Å². The summed E-state index contributed by atoms with van der Waals surface area (Å²) in [6, 6.07) is 12.9. The van der Waals surface area contributed by atoms with Crippen LogP contribution in [0.15, 0.2) is 54.7 Å². The fraction of sp³-hybridized carbons (Fsp3) is 0.457. The van der Waals surface area contributed by atoms with Crippen molar-refractivity contribution in [1.82, 2.24) is 15.2 Å². The number of rotatable bonds is 14. The molecule has 1 fully saturated rings. The zero-order chi connectivity index (χ0) is 33.5. The van der Waals surface area contributed by atoms with Crippen LogP contribution in [0, 0.1) is 11.2 Å². The van der Waals surface area contributed by atoms with E-state index in [0.717, 1.165) is 32.2 Å². The van der Waals surface area contributed by atoms with Gasteiger partial charge >= 0.3 is 0 Å². The van der Waals surface area contributed by atoms with Crippen LogP contribution in [0.4, 0.5) is 4.39 Å². The number of amides is 1. The number of hydrogen-bond donors (Lipinski definition) is 2. The summed E-state index contributed by atoms with van der Waals surface area (Å²) < 4.78 is 23.2. The van der Waals surface area contributed by atoms with Gasteiger partial charge in [-0.1, -0.05) is 49.2 Å². The smallest absolute Gasteiger partial charge is 0.257 e. The van der Waals surface area contributed by atoms with Gasteiger partial charge in [-0.3, -0.25) is 19.5 Å². The molecule has 0 bridgehead atoms. The normalized spacial score (nSPS) is 19.0. The summed E-state index contributed by atoms with van der Waals surface area (Å²) in [7, 11) is -2.28. The Hall–Kier alpha value is -2.66. The third kappa shape index (κ3) is 6.96. The van der Waals surface area contributed by atoms with Gasteiger partial charge in [0.25, 0.3) is 5.91 Å². The molecule has 2 heterocycles. The van der Waals surface area contributed by atoms with Crippen molar-refractivity contribution >= 4 is 43.2 Å². The Morgan fingerprint density at radius 2 is 1.80 bits per heavy atom. The van der Waals surface area contributed by atoms with Crippen LogP contribution in [0.1, 0.15) is 84.0 Å². The summed E-state index contributed by atoms with van der Waals surface area (Å²) in [6.45, 7) is 11.3. The third-order valence-corrected chi connectivity index (χ3v) is 13.9. The van der Waals surface area contributed by atoms with Gasteiger partial charge in [0.1, 0.15) is 5.82 Å². The van der Waals surface area contributed by atoms with E-state index in [4.69, 9.17) is 27.9 Å². The summed E-state index contributed by atoms with van der Waals surface area (Å²) in [5.41, 5.74) is -0.496. The van der Waals surface area contributed by atoms with Crippen molar-refractivity contribution in [3.63, 3.8) is 0 Å². The lowest BCUT2D eigenvalue weighted by Crippen LogP contribution is -2.48. The number of nitrogens with one attached hydrogen (secondary N) is 1. The number of pyridine rings is 1. The molecule has 2 N–H and O–H groups in total. The van der Waals surface area contributed by atoms with Crippen molar-refractivity contribution < 1.29 is 23.5 Å². The average molecular weight is 687 g/mol. The molecule has 11 heteroatoms. The standard InChI is InChI=1S/C35H42Cl2FN3O4Si/c1-23(42)24-17-29-31(30(38)18-24)35(25-7-9-26(36)10-8-25,41(32(29)43)20-28-12-11-27(37)19-40-28)45-22-34(14-15-34)21-39-16-6-13-33(2,3)46(4,5)44/h7-12,17-19,39,44H,6,13-16,20-22H2,1-5H3. The number of aromatic nitrogens is 1. The number of ether oxygens (including phenoxy) is 1. The van der Waals surface area contributed by atoms with Crippen molar-refractivity contribution in [1.29, 1.82) is 0 Å². The molecule has 0 saturated heterocycles. The maximum Gasteiger partial charge on any atom is 0.257 e. The van der Waals surface area contributed by atoms with E-state index in [0.29, 0.717) is 27.8 Å². The monoisotopic (exact) mass is 685 g/mol. The second-order valence-electron chi connectivity index (χ2n) is 14.0. The average Bonchev–Trinajstić information content (AvgIpc) is 3.72. The molecular formula is C35H42Cl2FN3O4Si. The molecule has 7 nitrogen and oxygen atoms in total. The highest BCUT2D eigenvalue weighted by Crippen LogP contribution is 2.52. The van der Waals surface area contributed by atoms with Gasteiger partial charge in [0.15, 0.2) is 19.8 Å². The van der Waals surface area contributed by atoms with Crippen LogP contribution in [0.2, 0.25) is 28.2 Å². The fourth-order valence-electron chi connectivity index (χ4n) is 5.92. The van der Waals surface area contributed by atoms with Gasteiger partial charge < -0.3 is 14.8 Å². The second kappa shape index (κ2) is 13.1. The lowest BCUT2D eigenvalue weighted by atomic mass is 9.91. The molecule has 1 unspecified atom stereocenters. The molecule has 1 atom stereocenters. The van der Waals surface area contributed by atoms with E-state index in [-0.39, 0.29) is 46.1 Å².